The Balaban J connectivity index is 1.84. The quantitative estimate of drug-likeness (QED) is 0.383. The van der Waals surface area contributed by atoms with Crippen molar-refractivity contribution in [2.75, 3.05) is 26.3 Å². The van der Waals surface area contributed by atoms with Crippen molar-refractivity contribution >= 4 is 17.3 Å². The SMILES string of the molecule is CCOc1ccc(Cn2c(=O)c3cc(OC(F)F)ccc3n(C3CCN(C=O)CC3)c2=O)cc1OCC. The highest BCUT2D eigenvalue weighted by atomic mass is 19.3. The predicted molar refractivity (Wildman–Crippen MR) is 133 cm³/mol. The molecule has 1 saturated heterocycles. The molecule has 37 heavy (non-hydrogen) atoms. The van der Waals surface area contributed by atoms with Crippen LogP contribution in [0.5, 0.6) is 17.2 Å². The van der Waals surface area contributed by atoms with Crippen molar-refractivity contribution in [2.24, 2.45) is 0 Å². The summed E-state index contributed by atoms with van der Waals surface area (Å²) < 4.78 is 44.1. The van der Waals surface area contributed by atoms with E-state index in [-0.39, 0.29) is 23.7 Å². The number of halogens is 2. The summed E-state index contributed by atoms with van der Waals surface area (Å²) in [5.74, 6) is 0.865. The number of likely N-dealkylation sites (tertiary alicyclic amines) is 1. The number of carbonyl (C=O) groups is 1. The van der Waals surface area contributed by atoms with E-state index in [4.69, 9.17) is 9.47 Å². The molecule has 0 atom stereocenters. The molecule has 1 fully saturated rings. The Bertz CT molecular complexity index is 1380. The molecule has 9 nitrogen and oxygen atoms in total. The van der Waals surface area contributed by atoms with Crippen molar-refractivity contribution in [1.29, 1.82) is 0 Å². The maximum Gasteiger partial charge on any atom is 0.387 e. The van der Waals surface area contributed by atoms with E-state index in [0.717, 1.165) is 11.0 Å². The van der Waals surface area contributed by atoms with Crippen molar-refractivity contribution in [3.05, 3.63) is 62.8 Å². The number of piperidine rings is 1. The first-order valence-corrected chi connectivity index (χ1v) is 12.2. The molecule has 0 bridgehead atoms. The van der Waals surface area contributed by atoms with Crippen LogP contribution in [-0.4, -0.2) is 53.4 Å². The zero-order valence-corrected chi connectivity index (χ0v) is 20.7. The van der Waals surface area contributed by atoms with Crippen LogP contribution in [0.2, 0.25) is 0 Å². The first-order valence-electron chi connectivity index (χ1n) is 12.2. The smallest absolute Gasteiger partial charge is 0.387 e. The second-order valence-corrected chi connectivity index (χ2v) is 8.62. The van der Waals surface area contributed by atoms with Gasteiger partial charge < -0.3 is 19.1 Å². The summed E-state index contributed by atoms with van der Waals surface area (Å²) in [6, 6.07) is 8.91. The summed E-state index contributed by atoms with van der Waals surface area (Å²) in [5.41, 5.74) is -0.170. The first kappa shape index (κ1) is 26.2. The Morgan fingerprint density at radius 1 is 1.00 bits per heavy atom. The van der Waals surface area contributed by atoms with Gasteiger partial charge in [-0.2, -0.15) is 8.78 Å². The van der Waals surface area contributed by atoms with Crippen molar-refractivity contribution in [2.45, 2.75) is 45.9 Å². The van der Waals surface area contributed by atoms with Crippen LogP contribution in [0.3, 0.4) is 0 Å². The highest BCUT2D eigenvalue weighted by Crippen LogP contribution is 2.29. The average molecular weight is 518 g/mol. The fourth-order valence-electron chi connectivity index (χ4n) is 4.66. The average Bonchev–Trinajstić information content (AvgIpc) is 2.88. The number of ether oxygens (including phenoxy) is 3. The Kier molecular flexibility index (Phi) is 8.10. The molecule has 4 rings (SSSR count). The lowest BCUT2D eigenvalue weighted by Gasteiger charge is -2.31. The van der Waals surface area contributed by atoms with E-state index < -0.39 is 17.9 Å². The van der Waals surface area contributed by atoms with E-state index in [9.17, 15) is 23.2 Å². The number of aromatic nitrogens is 2. The second kappa shape index (κ2) is 11.4. The Labute approximate surface area is 211 Å². The number of nitrogens with zero attached hydrogens (tertiary/aromatic N) is 3. The molecular formula is C26H29F2N3O6. The number of alkyl halides is 2. The monoisotopic (exact) mass is 517 g/mol. The van der Waals surface area contributed by atoms with E-state index in [1.165, 1.54) is 22.8 Å². The van der Waals surface area contributed by atoms with E-state index in [1.807, 2.05) is 13.8 Å². The number of hydrogen-bond acceptors (Lipinski definition) is 6. The zero-order chi connectivity index (χ0) is 26.5. The minimum absolute atomic E-state index is 0.0623. The third kappa shape index (κ3) is 5.60. The van der Waals surface area contributed by atoms with Crippen LogP contribution in [0.15, 0.2) is 46.0 Å². The summed E-state index contributed by atoms with van der Waals surface area (Å²) in [6.45, 7) is 2.34. The summed E-state index contributed by atoms with van der Waals surface area (Å²) >= 11 is 0. The number of rotatable bonds is 10. The molecule has 0 N–H and O–H groups in total. The lowest BCUT2D eigenvalue weighted by molar-refractivity contribution is -0.119. The molecule has 0 aliphatic carbocycles. The van der Waals surface area contributed by atoms with Gasteiger partial charge in [-0.3, -0.25) is 18.7 Å². The van der Waals surface area contributed by atoms with Crippen molar-refractivity contribution in [3.8, 4) is 17.2 Å². The van der Waals surface area contributed by atoms with Crippen molar-refractivity contribution < 1.29 is 27.8 Å². The van der Waals surface area contributed by atoms with Crippen molar-refractivity contribution in [1.82, 2.24) is 14.0 Å². The second-order valence-electron chi connectivity index (χ2n) is 8.62. The van der Waals surface area contributed by atoms with Crippen molar-refractivity contribution in [3.63, 3.8) is 0 Å². The van der Waals surface area contributed by atoms with Crippen LogP contribution in [0.1, 0.15) is 38.3 Å². The summed E-state index contributed by atoms with van der Waals surface area (Å²) in [7, 11) is 0. The van der Waals surface area contributed by atoms with E-state index in [0.29, 0.717) is 61.7 Å². The molecule has 11 heteroatoms. The molecule has 1 aliphatic heterocycles. The number of amides is 1. The van der Waals surface area contributed by atoms with Crippen LogP contribution < -0.4 is 25.5 Å². The van der Waals surface area contributed by atoms with E-state index >= 15 is 0 Å². The maximum atomic E-state index is 13.7. The Morgan fingerprint density at radius 3 is 2.35 bits per heavy atom. The molecule has 1 aromatic heterocycles. The third-order valence-electron chi connectivity index (χ3n) is 6.33. The number of hydrogen-bond donors (Lipinski definition) is 0. The fraction of sp³-hybridized carbons (Fsp3) is 0.423. The lowest BCUT2D eigenvalue weighted by atomic mass is 10.0. The van der Waals surface area contributed by atoms with Gasteiger partial charge in [0.2, 0.25) is 6.41 Å². The summed E-state index contributed by atoms with van der Waals surface area (Å²) in [5, 5.41) is 0.0894. The van der Waals surface area contributed by atoms with Gasteiger partial charge in [-0.05, 0) is 62.6 Å². The Morgan fingerprint density at radius 2 is 1.70 bits per heavy atom. The zero-order valence-electron chi connectivity index (χ0n) is 20.7. The lowest BCUT2D eigenvalue weighted by Crippen LogP contribution is -2.44. The number of carbonyl (C=O) groups excluding carboxylic acids is 1. The maximum absolute atomic E-state index is 13.7. The minimum atomic E-state index is -3.06. The number of benzene rings is 2. The number of fused-ring (bicyclic) bond motifs is 1. The third-order valence-corrected chi connectivity index (χ3v) is 6.33. The molecular weight excluding hydrogens is 488 g/mol. The highest BCUT2D eigenvalue weighted by molar-refractivity contribution is 5.80. The van der Waals surface area contributed by atoms with Gasteiger partial charge in [0.15, 0.2) is 11.5 Å². The topological polar surface area (TPSA) is 92.0 Å². The molecule has 2 aromatic carbocycles. The van der Waals surface area contributed by atoms with E-state index in [2.05, 4.69) is 4.74 Å². The largest absolute Gasteiger partial charge is 0.490 e. The van der Waals surface area contributed by atoms with Gasteiger partial charge in [0.1, 0.15) is 5.75 Å². The summed E-state index contributed by atoms with van der Waals surface area (Å²) in [6.07, 6.45) is 1.80. The van der Waals surface area contributed by atoms with Gasteiger partial charge in [-0.25, -0.2) is 4.79 Å². The molecule has 0 radical (unpaired) electrons. The van der Waals surface area contributed by atoms with Gasteiger partial charge in [-0.1, -0.05) is 6.07 Å². The van der Waals surface area contributed by atoms with Gasteiger partial charge in [-0.15, -0.1) is 0 Å². The molecule has 1 aliphatic rings. The molecule has 3 aromatic rings. The molecule has 1 amide bonds. The molecule has 0 spiro atoms. The van der Waals surface area contributed by atoms with Gasteiger partial charge in [0, 0.05) is 19.1 Å². The van der Waals surface area contributed by atoms with Gasteiger partial charge in [0.05, 0.1) is 30.7 Å². The molecule has 0 unspecified atom stereocenters. The standard InChI is InChI=1S/C26H29F2N3O6/c1-3-35-22-8-5-17(13-23(22)36-4-2)15-30-24(33)20-14-19(37-25(27)28)6-7-21(20)31(26(30)34)18-9-11-29(16-32)12-10-18/h5-8,13-14,16,18,25H,3-4,9-12,15H2,1-2H3. The predicted octanol–water partition coefficient (Wildman–Crippen LogP) is 3.40. The van der Waals surface area contributed by atoms with Crippen LogP contribution in [0.25, 0.3) is 10.9 Å². The molecule has 0 saturated carbocycles. The molecule has 2 heterocycles. The highest BCUT2D eigenvalue weighted by Gasteiger charge is 2.25. The summed E-state index contributed by atoms with van der Waals surface area (Å²) in [4.78, 5) is 40.0. The molecule has 198 valence electrons. The fourth-order valence-corrected chi connectivity index (χ4v) is 4.66. The first-order chi connectivity index (χ1) is 17.9. The minimum Gasteiger partial charge on any atom is -0.490 e. The van der Waals surface area contributed by atoms with Gasteiger partial charge >= 0.3 is 12.3 Å². The van der Waals surface area contributed by atoms with Gasteiger partial charge in [0.25, 0.3) is 5.56 Å². The normalized spacial score (nSPS) is 14.2. The van der Waals surface area contributed by atoms with E-state index in [1.54, 1.807) is 23.1 Å². The Hall–Kier alpha value is -3.89. The van der Waals surface area contributed by atoms with Crippen LogP contribution in [-0.2, 0) is 11.3 Å². The van der Waals surface area contributed by atoms with Crippen LogP contribution in [0, 0.1) is 0 Å². The van der Waals surface area contributed by atoms with Crippen LogP contribution in [0.4, 0.5) is 8.78 Å². The van der Waals surface area contributed by atoms with Crippen LogP contribution >= 0.6 is 0 Å².